The van der Waals surface area contributed by atoms with Crippen LogP contribution >= 0.6 is 11.8 Å². The number of aromatic hydroxyl groups is 1. The van der Waals surface area contributed by atoms with Gasteiger partial charge in [0.05, 0.1) is 17.0 Å². The van der Waals surface area contributed by atoms with Gasteiger partial charge in [0.1, 0.15) is 11.5 Å². The zero-order valence-corrected chi connectivity index (χ0v) is 16.5. The topological polar surface area (TPSA) is 89.3 Å². The number of halogens is 2. The summed E-state index contributed by atoms with van der Waals surface area (Å²) in [5.74, 6) is -0.101. The number of hydrogen-bond acceptors (Lipinski definition) is 6. The van der Waals surface area contributed by atoms with Gasteiger partial charge < -0.3 is 15.2 Å². The van der Waals surface area contributed by atoms with Gasteiger partial charge in [-0.2, -0.15) is 8.78 Å². The Bertz CT molecular complexity index is 1040. The fraction of sp³-hybridized carbons (Fsp3) is 0.150. The van der Waals surface area contributed by atoms with E-state index < -0.39 is 12.5 Å². The molecule has 7 nitrogen and oxygen atoms in total. The van der Waals surface area contributed by atoms with E-state index in [1.54, 1.807) is 41.0 Å². The molecule has 3 aromatic rings. The van der Waals surface area contributed by atoms with Gasteiger partial charge in [-0.3, -0.25) is 9.36 Å². The number of amides is 1. The van der Waals surface area contributed by atoms with Crippen LogP contribution in [0.15, 0.2) is 66.3 Å². The Morgan fingerprint density at radius 1 is 1.23 bits per heavy atom. The van der Waals surface area contributed by atoms with Gasteiger partial charge in [-0.1, -0.05) is 42.1 Å². The van der Waals surface area contributed by atoms with Crippen LogP contribution in [-0.4, -0.2) is 38.1 Å². The summed E-state index contributed by atoms with van der Waals surface area (Å²) in [6, 6.07) is 12.6. The third-order valence-electron chi connectivity index (χ3n) is 3.88. The van der Waals surface area contributed by atoms with Crippen molar-refractivity contribution in [2.75, 3.05) is 11.1 Å². The van der Waals surface area contributed by atoms with Gasteiger partial charge in [0.2, 0.25) is 5.91 Å². The van der Waals surface area contributed by atoms with E-state index in [0.29, 0.717) is 23.1 Å². The summed E-state index contributed by atoms with van der Waals surface area (Å²) < 4.78 is 31.1. The predicted molar refractivity (Wildman–Crippen MR) is 110 cm³/mol. The molecular weight excluding hydrogens is 414 g/mol. The molecule has 0 atom stereocenters. The average Bonchev–Trinajstić information content (AvgIpc) is 3.11. The number of alkyl halides is 2. The molecule has 156 valence electrons. The number of carbonyl (C=O) groups excluding carboxylic acids is 1. The van der Waals surface area contributed by atoms with Crippen LogP contribution in [0.2, 0.25) is 0 Å². The molecule has 0 aliphatic heterocycles. The smallest absolute Gasteiger partial charge is 0.387 e. The zero-order valence-electron chi connectivity index (χ0n) is 15.7. The number of nitrogens with zero attached hydrogens (tertiary/aromatic N) is 3. The minimum atomic E-state index is -3.00. The molecule has 0 aliphatic carbocycles. The molecule has 0 radical (unpaired) electrons. The highest BCUT2D eigenvalue weighted by molar-refractivity contribution is 7.99. The summed E-state index contributed by atoms with van der Waals surface area (Å²) in [7, 11) is 0. The fourth-order valence-electron chi connectivity index (χ4n) is 2.64. The Hall–Kier alpha value is -3.40. The van der Waals surface area contributed by atoms with Crippen molar-refractivity contribution in [2.45, 2.75) is 18.3 Å². The first-order valence-corrected chi connectivity index (χ1v) is 9.77. The fourth-order valence-corrected chi connectivity index (χ4v) is 3.38. The number of rotatable bonds is 9. The summed E-state index contributed by atoms with van der Waals surface area (Å²) in [6.07, 6.45) is 1.65. The number of nitrogens with one attached hydrogen (secondary N) is 1. The maximum absolute atomic E-state index is 12.5. The van der Waals surface area contributed by atoms with Crippen molar-refractivity contribution < 1.29 is 23.4 Å². The van der Waals surface area contributed by atoms with Crippen molar-refractivity contribution in [3.63, 3.8) is 0 Å². The van der Waals surface area contributed by atoms with Crippen LogP contribution in [0.1, 0.15) is 0 Å². The molecule has 3 rings (SSSR count). The number of para-hydroxylation sites is 3. The Balaban J connectivity index is 1.73. The van der Waals surface area contributed by atoms with Crippen LogP contribution in [0.25, 0.3) is 11.4 Å². The zero-order chi connectivity index (χ0) is 21.5. The highest BCUT2D eigenvalue weighted by Gasteiger charge is 2.18. The van der Waals surface area contributed by atoms with E-state index >= 15 is 0 Å². The number of carbonyl (C=O) groups is 1. The number of aromatic nitrogens is 3. The maximum atomic E-state index is 12.5. The van der Waals surface area contributed by atoms with Crippen molar-refractivity contribution >= 4 is 23.4 Å². The van der Waals surface area contributed by atoms with Gasteiger partial charge in [0.25, 0.3) is 0 Å². The molecule has 1 aromatic heterocycles. The first kappa shape index (κ1) is 21.3. The van der Waals surface area contributed by atoms with Crippen LogP contribution in [0.5, 0.6) is 11.5 Å². The molecule has 0 spiro atoms. The SMILES string of the molecule is C=CCn1c(SCC(=O)Nc2ccccc2OC(F)F)nnc1-c1ccccc1O. The number of phenols is 1. The summed E-state index contributed by atoms with van der Waals surface area (Å²) in [5, 5.41) is 21.3. The standard InChI is InChI=1S/C20H18F2N4O3S/c1-2-11-26-18(13-7-3-5-9-15(13)27)24-25-20(26)30-12-17(28)23-14-8-4-6-10-16(14)29-19(21)22/h2-10,19,27H,1,11-12H2,(H,23,28). The molecule has 0 bridgehead atoms. The first-order valence-electron chi connectivity index (χ1n) is 8.78. The average molecular weight is 432 g/mol. The van der Waals surface area contributed by atoms with Crippen LogP contribution < -0.4 is 10.1 Å². The molecule has 1 amide bonds. The number of benzene rings is 2. The lowest BCUT2D eigenvalue weighted by molar-refractivity contribution is -0.113. The highest BCUT2D eigenvalue weighted by atomic mass is 32.2. The molecule has 0 aliphatic rings. The van der Waals surface area contributed by atoms with Crippen molar-refractivity contribution in [2.24, 2.45) is 0 Å². The van der Waals surface area contributed by atoms with Crippen LogP contribution in [-0.2, 0) is 11.3 Å². The van der Waals surface area contributed by atoms with E-state index in [9.17, 15) is 18.7 Å². The number of anilines is 1. The van der Waals surface area contributed by atoms with Crippen LogP contribution in [0.3, 0.4) is 0 Å². The first-order chi connectivity index (χ1) is 14.5. The van der Waals surface area contributed by atoms with E-state index in [1.165, 1.54) is 18.2 Å². The lowest BCUT2D eigenvalue weighted by Crippen LogP contribution is -2.16. The van der Waals surface area contributed by atoms with Gasteiger partial charge in [0.15, 0.2) is 11.0 Å². The third-order valence-corrected chi connectivity index (χ3v) is 4.85. The Morgan fingerprint density at radius 2 is 1.97 bits per heavy atom. The summed E-state index contributed by atoms with van der Waals surface area (Å²) in [6.45, 7) is 1.08. The second kappa shape index (κ2) is 9.88. The van der Waals surface area contributed by atoms with E-state index in [0.717, 1.165) is 11.8 Å². The molecule has 0 saturated heterocycles. The molecular formula is C20H18F2N4O3S. The lowest BCUT2D eigenvalue weighted by atomic mass is 10.2. The second-order valence-electron chi connectivity index (χ2n) is 5.93. The summed E-state index contributed by atoms with van der Waals surface area (Å²) in [4.78, 5) is 12.3. The number of allylic oxidation sites excluding steroid dienone is 1. The summed E-state index contributed by atoms with van der Waals surface area (Å²) in [5.41, 5.74) is 0.645. The molecule has 2 N–H and O–H groups in total. The van der Waals surface area contributed by atoms with Gasteiger partial charge in [0, 0.05) is 6.54 Å². The number of hydrogen-bond donors (Lipinski definition) is 2. The monoisotopic (exact) mass is 432 g/mol. The normalized spacial score (nSPS) is 10.8. The lowest BCUT2D eigenvalue weighted by Gasteiger charge is -2.12. The molecule has 0 fully saturated rings. The van der Waals surface area contributed by atoms with Crippen molar-refractivity contribution in [1.82, 2.24) is 14.8 Å². The van der Waals surface area contributed by atoms with E-state index in [-0.39, 0.29) is 22.9 Å². The molecule has 0 saturated carbocycles. The molecule has 0 unspecified atom stereocenters. The minimum absolute atomic E-state index is 0.0426. The number of phenolic OH excluding ortho intramolecular Hbond substituents is 1. The van der Waals surface area contributed by atoms with Crippen LogP contribution in [0, 0.1) is 0 Å². The highest BCUT2D eigenvalue weighted by Crippen LogP contribution is 2.30. The second-order valence-corrected chi connectivity index (χ2v) is 6.88. The third kappa shape index (κ3) is 5.15. The molecule has 30 heavy (non-hydrogen) atoms. The Kier molecular flexibility index (Phi) is 7.02. The van der Waals surface area contributed by atoms with Gasteiger partial charge in [-0.15, -0.1) is 16.8 Å². The molecule has 1 heterocycles. The summed E-state index contributed by atoms with van der Waals surface area (Å²) >= 11 is 1.11. The van der Waals surface area contributed by atoms with Gasteiger partial charge >= 0.3 is 6.61 Å². The maximum Gasteiger partial charge on any atom is 0.387 e. The van der Waals surface area contributed by atoms with E-state index in [2.05, 4.69) is 26.8 Å². The molecule has 10 heteroatoms. The largest absolute Gasteiger partial charge is 0.507 e. The quantitative estimate of drug-likeness (QED) is 0.390. The van der Waals surface area contributed by atoms with E-state index in [4.69, 9.17) is 0 Å². The van der Waals surface area contributed by atoms with Crippen molar-refractivity contribution in [1.29, 1.82) is 0 Å². The number of ether oxygens (including phenoxy) is 1. The number of thioether (sulfide) groups is 1. The van der Waals surface area contributed by atoms with Gasteiger partial charge in [-0.05, 0) is 24.3 Å². The molecule has 2 aromatic carbocycles. The minimum Gasteiger partial charge on any atom is -0.507 e. The van der Waals surface area contributed by atoms with Crippen LogP contribution in [0.4, 0.5) is 14.5 Å². The predicted octanol–water partition coefficient (Wildman–Crippen LogP) is 4.17. The van der Waals surface area contributed by atoms with E-state index in [1.807, 2.05) is 0 Å². The van der Waals surface area contributed by atoms with Crippen molar-refractivity contribution in [3.05, 3.63) is 61.2 Å². The Labute approximate surface area is 175 Å². The van der Waals surface area contributed by atoms with Gasteiger partial charge in [-0.25, -0.2) is 0 Å². The Morgan fingerprint density at radius 3 is 2.70 bits per heavy atom. The van der Waals surface area contributed by atoms with Crippen molar-refractivity contribution in [3.8, 4) is 22.9 Å².